The van der Waals surface area contributed by atoms with Crippen molar-refractivity contribution in [3.05, 3.63) is 71.3 Å². The lowest BCUT2D eigenvalue weighted by molar-refractivity contribution is -0.131. The average molecular weight is 366 g/mol. The molecule has 3 N–H and O–H groups in total. The van der Waals surface area contributed by atoms with Crippen LogP contribution in [0.2, 0.25) is 0 Å². The highest BCUT2D eigenvalue weighted by Gasteiger charge is 2.28. The van der Waals surface area contributed by atoms with Crippen LogP contribution in [0, 0.1) is 5.92 Å². The minimum Gasteiger partial charge on any atom is -0.371 e. The number of fused-ring (bicyclic) bond motifs is 1. The van der Waals surface area contributed by atoms with E-state index in [4.69, 9.17) is 10.5 Å². The Morgan fingerprint density at radius 1 is 1.07 bits per heavy atom. The highest BCUT2D eigenvalue weighted by Crippen LogP contribution is 2.28. The summed E-state index contributed by atoms with van der Waals surface area (Å²) in [5.74, 6) is -0.484. The van der Waals surface area contributed by atoms with E-state index in [1.807, 2.05) is 42.5 Å². The summed E-state index contributed by atoms with van der Waals surface area (Å²) in [6, 6.07) is 17.1. The Bertz CT molecular complexity index is 766. The van der Waals surface area contributed by atoms with E-state index >= 15 is 0 Å². The van der Waals surface area contributed by atoms with E-state index in [0.29, 0.717) is 13.0 Å². The maximum atomic E-state index is 12.5. The first-order valence-corrected chi connectivity index (χ1v) is 9.34. The zero-order chi connectivity index (χ0) is 19.2. The topological polar surface area (TPSA) is 81.4 Å². The molecule has 0 saturated heterocycles. The first-order valence-electron chi connectivity index (χ1n) is 9.34. The minimum absolute atomic E-state index is 0.160. The summed E-state index contributed by atoms with van der Waals surface area (Å²) in [6.07, 6.45) is 1.66. The van der Waals surface area contributed by atoms with Gasteiger partial charge in [-0.15, -0.1) is 0 Å². The van der Waals surface area contributed by atoms with Crippen LogP contribution in [0.5, 0.6) is 0 Å². The largest absolute Gasteiger partial charge is 0.371 e. The quantitative estimate of drug-likeness (QED) is 0.752. The lowest BCUT2D eigenvalue weighted by Gasteiger charge is -2.23. The van der Waals surface area contributed by atoms with Crippen molar-refractivity contribution in [3.8, 4) is 0 Å². The summed E-state index contributed by atoms with van der Waals surface area (Å²) < 4.78 is 5.76. The molecule has 0 bridgehead atoms. The Balaban J connectivity index is 1.51. The van der Waals surface area contributed by atoms with Crippen molar-refractivity contribution >= 4 is 11.8 Å². The van der Waals surface area contributed by atoms with E-state index in [2.05, 4.69) is 17.4 Å². The van der Waals surface area contributed by atoms with Gasteiger partial charge in [0.2, 0.25) is 11.8 Å². The molecule has 1 aliphatic carbocycles. The molecule has 0 heterocycles. The van der Waals surface area contributed by atoms with Crippen molar-refractivity contribution in [2.24, 2.45) is 11.7 Å². The third-order valence-electron chi connectivity index (χ3n) is 5.06. The Morgan fingerprint density at radius 3 is 2.26 bits per heavy atom. The van der Waals surface area contributed by atoms with Gasteiger partial charge in [-0.3, -0.25) is 9.59 Å². The molecule has 2 aromatic rings. The van der Waals surface area contributed by atoms with E-state index in [9.17, 15) is 9.59 Å². The van der Waals surface area contributed by atoms with E-state index in [0.717, 1.165) is 18.4 Å². The van der Waals surface area contributed by atoms with Crippen LogP contribution in [0.3, 0.4) is 0 Å². The highest BCUT2D eigenvalue weighted by molar-refractivity contribution is 5.87. The smallest absolute Gasteiger partial charge is 0.242 e. The molecule has 2 amide bonds. The Kier molecular flexibility index (Phi) is 6.24. The molecule has 0 saturated carbocycles. The van der Waals surface area contributed by atoms with Gasteiger partial charge in [-0.1, -0.05) is 54.6 Å². The van der Waals surface area contributed by atoms with E-state index < -0.39 is 18.1 Å². The fraction of sp³-hybridized carbons (Fsp3) is 0.364. The molecule has 0 aromatic heterocycles. The highest BCUT2D eigenvalue weighted by atomic mass is 16.5. The summed E-state index contributed by atoms with van der Waals surface area (Å²) in [6.45, 7) is 2.11. The fourth-order valence-electron chi connectivity index (χ4n) is 3.61. The van der Waals surface area contributed by atoms with Crippen molar-refractivity contribution in [1.29, 1.82) is 0 Å². The van der Waals surface area contributed by atoms with Gasteiger partial charge >= 0.3 is 0 Å². The first kappa shape index (κ1) is 19.1. The summed E-state index contributed by atoms with van der Waals surface area (Å²) in [4.78, 5) is 24.3. The predicted octanol–water partition coefficient (Wildman–Crippen LogP) is 2.37. The van der Waals surface area contributed by atoms with Gasteiger partial charge in [0.25, 0.3) is 0 Å². The molecule has 2 atom stereocenters. The summed E-state index contributed by atoms with van der Waals surface area (Å²) in [5, 5.41) is 2.77. The monoisotopic (exact) mass is 366 g/mol. The number of nitrogens with one attached hydrogen (secondary N) is 1. The molecule has 27 heavy (non-hydrogen) atoms. The molecule has 2 aromatic carbocycles. The number of ether oxygens (including phenoxy) is 1. The second-order valence-electron chi connectivity index (χ2n) is 7.20. The van der Waals surface area contributed by atoms with Crippen LogP contribution in [0.15, 0.2) is 54.6 Å². The number of benzene rings is 2. The van der Waals surface area contributed by atoms with Gasteiger partial charge < -0.3 is 15.8 Å². The molecular weight excluding hydrogens is 340 g/mol. The third-order valence-corrected chi connectivity index (χ3v) is 5.06. The van der Waals surface area contributed by atoms with E-state index in [1.165, 1.54) is 11.1 Å². The Labute approximate surface area is 159 Å². The number of carbonyl (C=O) groups excluding carboxylic acids is 2. The summed E-state index contributed by atoms with van der Waals surface area (Å²) >= 11 is 0. The number of hydrogen-bond acceptors (Lipinski definition) is 3. The molecular formula is C22H26N2O3. The van der Waals surface area contributed by atoms with Crippen molar-refractivity contribution in [1.82, 2.24) is 5.32 Å². The van der Waals surface area contributed by atoms with Gasteiger partial charge in [0.1, 0.15) is 6.04 Å². The van der Waals surface area contributed by atoms with Gasteiger partial charge in [-0.25, -0.2) is 0 Å². The van der Waals surface area contributed by atoms with Crippen molar-refractivity contribution in [2.45, 2.75) is 44.9 Å². The molecule has 5 heteroatoms. The number of rotatable bonds is 8. The second kappa shape index (κ2) is 8.82. The minimum atomic E-state index is -0.843. The van der Waals surface area contributed by atoms with Crippen LogP contribution in [-0.2, 0) is 33.8 Å². The fourth-order valence-corrected chi connectivity index (χ4v) is 3.61. The maximum absolute atomic E-state index is 12.5. The summed E-state index contributed by atoms with van der Waals surface area (Å²) in [5.41, 5.74) is 9.11. The van der Waals surface area contributed by atoms with Crippen LogP contribution in [0.25, 0.3) is 0 Å². The zero-order valence-electron chi connectivity index (χ0n) is 15.6. The third kappa shape index (κ3) is 5.17. The number of nitrogens with two attached hydrogens (primary N) is 1. The zero-order valence-corrected chi connectivity index (χ0v) is 15.6. The predicted molar refractivity (Wildman–Crippen MR) is 104 cm³/mol. The molecule has 3 rings (SSSR count). The number of primary amides is 1. The number of carbonyl (C=O) groups is 2. The lowest BCUT2D eigenvalue weighted by atomic mass is 10.0. The van der Waals surface area contributed by atoms with Gasteiger partial charge in [-0.2, -0.15) is 0 Å². The standard InChI is InChI=1S/C22H26N2O3/c1-15(27-14-16-7-3-2-4-8-16)21(22(23)26)24-20(25)13-17-11-18-9-5-6-10-19(18)12-17/h2-10,15,17,21H,11-14H2,1H3,(H2,23,26)(H,24,25). The van der Waals surface area contributed by atoms with Crippen LogP contribution in [0.1, 0.15) is 30.0 Å². The van der Waals surface area contributed by atoms with Crippen LogP contribution in [0.4, 0.5) is 0 Å². The molecule has 0 spiro atoms. The van der Waals surface area contributed by atoms with Crippen molar-refractivity contribution in [3.63, 3.8) is 0 Å². The van der Waals surface area contributed by atoms with Crippen LogP contribution >= 0.6 is 0 Å². The Hall–Kier alpha value is -2.66. The van der Waals surface area contributed by atoms with Crippen LogP contribution < -0.4 is 11.1 Å². The van der Waals surface area contributed by atoms with Gasteiger partial charge in [0, 0.05) is 6.42 Å². The molecule has 1 aliphatic rings. The number of hydrogen-bond donors (Lipinski definition) is 2. The normalized spacial score (nSPS) is 15.7. The lowest BCUT2D eigenvalue weighted by Crippen LogP contribution is -2.51. The molecule has 2 unspecified atom stereocenters. The Morgan fingerprint density at radius 2 is 1.67 bits per heavy atom. The average Bonchev–Trinajstić information content (AvgIpc) is 3.07. The molecule has 142 valence electrons. The first-order chi connectivity index (χ1) is 13.0. The van der Waals surface area contributed by atoms with E-state index in [1.54, 1.807) is 6.92 Å². The second-order valence-corrected chi connectivity index (χ2v) is 7.20. The maximum Gasteiger partial charge on any atom is 0.242 e. The van der Waals surface area contributed by atoms with Crippen LogP contribution in [-0.4, -0.2) is 24.0 Å². The molecule has 5 nitrogen and oxygen atoms in total. The van der Waals surface area contributed by atoms with Gasteiger partial charge in [0.15, 0.2) is 0 Å². The molecule has 0 aliphatic heterocycles. The SMILES string of the molecule is CC(OCc1ccccc1)C(NC(=O)CC1Cc2ccccc2C1)C(N)=O. The summed E-state index contributed by atoms with van der Waals surface area (Å²) in [7, 11) is 0. The van der Waals surface area contributed by atoms with Crippen molar-refractivity contribution in [2.75, 3.05) is 0 Å². The molecule has 0 fully saturated rings. The van der Waals surface area contributed by atoms with E-state index in [-0.39, 0.29) is 11.8 Å². The number of amides is 2. The van der Waals surface area contributed by atoms with Gasteiger partial charge in [0.05, 0.1) is 12.7 Å². The van der Waals surface area contributed by atoms with Crippen molar-refractivity contribution < 1.29 is 14.3 Å². The van der Waals surface area contributed by atoms with Gasteiger partial charge in [-0.05, 0) is 42.4 Å². The molecule has 0 radical (unpaired) electrons.